The Bertz CT molecular complexity index is 717. The first-order valence-corrected chi connectivity index (χ1v) is 8.65. The van der Waals surface area contributed by atoms with Crippen molar-refractivity contribution in [1.29, 1.82) is 0 Å². The lowest BCUT2D eigenvalue weighted by Crippen LogP contribution is -2.19. The first kappa shape index (κ1) is 19.8. The standard InChI is InChI=1S/C14H15FO.C7H10O3/c1-14(2)9-11(16)8-12(15)13(14)10-6-4-3-5-7-10;8-7(9)5-6-1-3-10-4-2-6/h3-8,16H,9H2,1-2H3;1,3,6H,2,4-5H2,(H,8,9). The summed E-state index contributed by atoms with van der Waals surface area (Å²) in [7, 11) is 0. The molecule has 1 aliphatic carbocycles. The van der Waals surface area contributed by atoms with Crippen LogP contribution in [0.25, 0.3) is 5.57 Å². The number of carboxylic acids is 1. The van der Waals surface area contributed by atoms with E-state index in [1.165, 1.54) is 6.08 Å². The number of hydrogen-bond donors (Lipinski definition) is 2. The van der Waals surface area contributed by atoms with Gasteiger partial charge >= 0.3 is 5.97 Å². The molecule has 0 saturated carbocycles. The van der Waals surface area contributed by atoms with Crippen LogP contribution in [0.3, 0.4) is 0 Å². The highest BCUT2D eigenvalue weighted by Crippen LogP contribution is 2.45. The Kier molecular flexibility index (Phi) is 6.61. The molecule has 2 N–H and O–H groups in total. The molecule has 1 unspecified atom stereocenters. The van der Waals surface area contributed by atoms with Crippen LogP contribution in [0.5, 0.6) is 0 Å². The second kappa shape index (κ2) is 8.70. The van der Waals surface area contributed by atoms with Crippen LogP contribution in [0.1, 0.15) is 38.7 Å². The molecule has 26 heavy (non-hydrogen) atoms. The second-order valence-corrected chi connectivity index (χ2v) is 7.13. The maximum absolute atomic E-state index is 13.9. The monoisotopic (exact) mass is 360 g/mol. The predicted octanol–water partition coefficient (Wildman–Crippen LogP) is 5.25. The average molecular weight is 360 g/mol. The van der Waals surface area contributed by atoms with Gasteiger partial charge in [-0.3, -0.25) is 4.79 Å². The van der Waals surface area contributed by atoms with Gasteiger partial charge in [0.15, 0.2) is 0 Å². The molecule has 0 bridgehead atoms. The van der Waals surface area contributed by atoms with Gasteiger partial charge in [-0.25, -0.2) is 4.39 Å². The van der Waals surface area contributed by atoms with Gasteiger partial charge in [0.1, 0.15) is 5.83 Å². The molecule has 4 nitrogen and oxygen atoms in total. The van der Waals surface area contributed by atoms with Gasteiger partial charge in [-0.1, -0.05) is 44.2 Å². The summed E-state index contributed by atoms with van der Waals surface area (Å²) in [6.07, 6.45) is 6.12. The molecular weight excluding hydrogens is 335 g/mol. The zero-order valence-electron chi connectivity index (χ0n) is 15.1. The van der Waals surface area contributed by atoms with E-state index in [4.69, 9.17) is 9.84 Å². The van der Waals surface area contributed by atoms with E-state index >= 15 is 0 Å². The summed E-state index contributed by atoms with van der Waals surface area (Å²) < 4.78 is 18.8. The molecule has 1 aromatic rings. The number of hydrogen-bond acceptors (Lipinski definition) is 3. The highest BCUT2D eigenvalue weighted by Gasteiger charge is 2.32. The minimum Gasteiger partial charge on any atom is -0.512 e. The minimum absolute atomic E-state index is 0.113. The normalized spacial score (nSPS) is 21.2. The predicted molar refractivity (Wildman–Crippen MR) is 99.0 cm³/mol. The van der Waals surface area contributed by atoms with E-state index in [0.29, 0.717) is 18.6 Å². The number of aliphatic carboxylic acids is 1. The van der Waals surface area contributed by atoms with Gasteiger partial charge in [0.25, 0.3) is 0 Å². The van der Waals surface area contributed by atoms with Crippen LogP contribution in [0.4, 0.5) is 4.39 Å². The van der Waals surface area contributed by atoms with Crippen LogP contribution in [-0.2, 0) is 9.53 Å². The number of carbonyl (C=O) groups is 1. The van der Waals surface area contributed by atoms with E-state index in [9.17, 15) is 14.3 Å². The van der Waals surface area contributed by atoms with Gasteiger partial charge < -0.3 is 14.9 Å². The van der Waals surface area contributed by atoms with E-state index in [1.54, 1.807) is 12.3 Å². The molecule has 1 aliphatic heterocycles. The lowest BCUT2D eigenvalue weighted by Gasteiger charge is -2.31. The second-order valence-electron chi connectivity index (χ2n) is 7.13. The van der Waals surface area contributed by atoms with Gasteiger partial charge in [-0.15, -0.1) is 0 Å². The third-order valence-electron chi connectivity index (χ3n) is 4.38. The number of aliphatic hydroxyl groups is 1. The molecule has 0 fully saturated rings. The van der Waals surface area contributed by atoms with Gasteiger partial charge in [-0.05, 0) is 24.0 Å². The Morgan fingerprint density at radius 2 is 2.00 bits per heavy atom. The molecule has 140 valence electrons. The lowest BCUT2D eigenvalue weighted by molar-refractivity contribution is -0.137. The van der Waals surface area contributed by atoms with Gasteiger partial charge in [0, 0.05) is 23.5 Å². The van der Waals surface area contributed by atoms with Crippen molar-refractivity contribution in [3.63, 3.8) is 0 Å². The molecule has 1 aromatic carbocycles. The SMILES string of the molecule is CC1(C)CC(O)=CC(F)=C1c1ccccc1.O=C(O)CC1C=COCC1. The quantitative estimate of drug-likeness (QED) is 0.772. The van der Waals surface area contributed by atoms with Gasteiger partial charge in [0.2, 0.25) is 0 Å². The molecule has 0 aromatic heterocycles. The largest absolute Gasteiger partial charge is 0.512 e. The molecule has 0 spiro atoms. The molecule has 3 rings (SSSR count). The van der Waals surface area contributed by atoms with E-state index < -0.39 is 5.97 Å². The summed E-state index contributed by atoms with van der Waals surface area (Å²) in [5.74, 6) is -0.787. The average Bonchev–Trinajstić information content (AvgIpc) is 2.55. The number of rotatable bonds is 3. The maximum atomic E-state index is 13.9. The summed E-state index contributed by atoms with van der Waals surface area (Å²) >= 11 is 0. The third-order valence-corrected chi connectivity index (χ3v) is 4.38. The van der Waals surface area contributed by atoms with Crippen LogP contribution >= 0.6 is 0 Å². The number of benzene rings is 1. The highest BCUT2D eigenvalue weighted by atomic mass is 19.1. The van der Waals surface area contributed by atoms with Crippen molar-refractivity contribution in [1.82, 2.24) is 0 Å². The smallest absolute Gasteiger partial charge is 0.303 e. The van der Waals surface area contributed by atoms with Crippen molar-refractivity contribution in [2.75, 3.05) is 6.61 Å². The maximum Gasteiger partial charge on any atom is 0.303 e. The highest BCUT2D eigenvalue weighted by molar-refractivity contribution is 5.74. The van der Waals surface area contributed by atoms with Crippen molar-refractivity contribution in [3.05, 3.63) is 65.9 Å². The molecule has 1 heterocycles. The minimum atomic E-state index is -0.739. The van der Waals surface area contributed by atoms with Crippen LogP contribution in [0, 0.1) is 11.3 Å². The number of aliphatic hydroxyl groups excluding tert-OH is 1. The first-order chi connectivity index (χ1) is 12.3. The Morgan fingerprint density at radius 3 is 2.54 bits per heavy atom. The zero-order valence-corrected chi connectivity index (χ0v) is 15.1. The molecule has 0 radical (unpaired) electrons. The van der Waals surface area contributed by atoms with Crippen molar-refractivity contribution in [2.45, 2.75) is 33.1 Å². The Labute approximate surface area is 153 Å². The summed E-state index contributed by atoms with van der Waals surface area (Å²) in [6.45, 7) is 4.53. The summed E-state index contributed by atoms with van der Waals surface area (Å²) in [6, 6.07) is 9.48. The van der Waals surface area contributed by atoms with E-state index in [1.807, 2.05) is 44.2 Å². The van der Waals surface area contributed by atoms with Crippen molar-refractivity contribution in [3.8, 4) is 0 Å². The van der Waals surface area contributed by atoms with Crippen LogP contribution in [0.2, 0.25) is 0 Å². The first-order valence-electron chi connectivity index (χ1n) is 8.65. The van der Waals surface area contributed by atoms with Gasteiger partial charge in [0.05, 0.1) is 25.0 Å². The molecular formula is C21H25FO4. The van der Waals surface area contributed by atoms with Crippen molar-refractivity contribution in [2.24, 2.45) is 11.3 Å². The molecule has 1 atom stereocenters. The Hall–Kier alpha value is -2.56. The van der Waals surface area contributed by atoms with Crippen LogP contribution in [0.15, 0.2) is 60.3 Å². The molecule has 0 saturated heterocycles. The van der Waals surface area contributed by atoms with Crippen molar-refractivity contribution < 1.29 is 24.1 Å². The molecule has 2 aliphatic rings. The molecule has 0 amide bonds. The van der Waals surface area contributed by atoms with Crippen molar-refractivity contribution >= 4 is 11.5 Å². The summed E-state index contributed by atoms with van der Waals surface area (Å²) in [5, 5.41) is 17.9. The topological polar surface area (TPSA) is 66.8 Å². The van der Waals surface area contributed by atoms with Gasteiger partial charge in [-0.2, -0.15) is 0 Å². The fourth-order valence-electron chi connectivity index (χ4n) is 3.21. The van der Waals surface area contributed by atoms with Crippen LogP contribution < -0.4 is 0 Å². The zero-order chi connectivity index (χ0) is 19.2. The number of ether oxygens (including phenoxy) is 1. The third kappa shape index (κ3) is 5.48. The lowest BCUT2D eigenvalue weighted by atomic mass is 9.74. The Morgan fingerprint density at radius 1 is 1.31 bits per heavy atom. The van der Waals surface area contributed by atoms with E-state index in [2.05, 4.69) is 0 Å². The summed E-state index contributed by atoms with van der Waals surface area (Å²) in [4.78, 5) is 10.2. The fraction of sp³-hybridized carbons (Fsp3) is 0.381. The van der Waals surface area contributed by atoms with Crippen LogP contribution in [-0.4, -0.2) is 22.8 Å². The fourth-order valence-corrected chi connectivity index (χ4v) is 3.21. The van der Waals surface area contributed by atoms with E-state index in [-0.39, 0.29) is 29.3 Å². The number of halogens is 1. The van der Waals surface area contributed by atoms with E-state index in [0.717, 1.165) is 12.0 Å². The number of carboxylic acid groups (broad SMARTS) is 1. The summed E-state index contributed by atoms with van der Waals surface area (Å²) in [5.41, 5.74) is 1.18. The Balaban J connectivity index is 0.000000209. The number of allylic oxidation sites excluding steroid dienone is 5. The molecule has 5 heteroatoms.